The van der Waals surface area contributed by atoms with Gasteiger partial charge in [-0.05, 0) is 44.8 Å². The lowest BCUT2D eigenvalue weighted by molar-refractivity contribution is -0.133. The maximum absolute atomic E-state index is 12.9. The molecule has 0 aromatic carbocycles. The molecule has 2 fully saturated rings. The molecule has 1 saturated heterocycles. The largest absolute Gasteiger partial charge is 0.351 e. The summed E-state index contributed by atoms with van der Waals surface area (Å²) < 4.78 is 1.87. The minimum absolute atomic E-state index is 0. The van der Waals surface area contributed by atoms with Crippen molar-refractivity contribution >= 4 is 18.3 Å². The van der Waals surface area contributed by atoms with Crippen molar-refractivity contribution in [3.8, 4) is 0 Å². The van der Waals surface area contributed by atoms with Crippen LogP contribution in [0.2, 0.25) is 0 Å². The van der Waals surface area contributed by atoms with E-state index in [1.54, 1.807) is 6.20 Å². The summed E-state index contributed by atoms with van der Waals surface area (Å²) in [7, 11) is 0. The zero-order valence-corrected chi connectivity index (χ0v) is 13.2. The van der Waals surface area contributed by atoms with Crippen molar-refractivity contribution in [2.45, 2.75) is 56.5 Å². The van der Waals surface area contributed by atoms with Gasteiger partial charge in [-0.2, -0.15) is 5.10 Å². The summed E-state index contributed by atoms with van der Waals surface area (Å²) in [6.45, 7) is 1.75. The smallest absolute Gasteiger partial charge is 0.248 e. The fraction of sp³-hybridized carbons (Fsp3) is 0.733. The van der Waals surface area contributed by atoms with Crippen LogP contribution < -0.4 is 10.6 Å². The van der Waals surface area contributed by atoms with E-state index in [4.69, 9.17) is 0 Å². The third kappa shape index (κ3) is 3.40. The predicted octanol–water partition coefficient (Wildman–Crippen LogP) is 1.83. The van der Waals surface area contributed by atoms with Gasteiger partial charge in [-0.25, -0.2) is 0 Å². The number of carbonyl (C=O) groups excluding carboxylic acids is 1. The van der Waals surface area contributed by atoms with Gasteiger partial charge in [-0.1, -0.05) is 19.3 Å². The second-order valence-corrected chi connectivity index (χ2v) is 6.04. The van der Waals surface area contributed by atoms with Gasteiger partial charge < -0.3 is 10.6 Å². The minimum Gasteiger partial charge on any atom is -0.351 e. The predicted molar refractivity (Wildman–Crippen MR) is 84.6 cm³/mol. The first-order chi connectivity index (χ1) is 9.81. The van der Waals surface area contributed by atoms with Gasteiger partial charge in [-0.15, -0.1) is 12.4 Å². The van der Waals surface area contributed by atoms with E-state index in [9.17, 15) is 4.79 Å². The van der Waals surface area contributed by atoms with Crippen molar-refractivity contribution in [1.82, 2.24) is 20.4 Å². The number of halogens is 1. The topological polar surface area (TPSA) is 59.0 Å². The third-order valence-electron chi connectivity index (χ3n) is 4.74. The molecule has 0 atom stereocenters. The quantitative estimate of drug-likeness (QED) is 0.895. The van der Waals surface area contributed by atoms with Crippen molar-refractivity contribution in [3.05, 3.63) is 18.5 Å². The molecule has 0 spiro atoms. The molecule has 21 heavy (non-hydrogen) atoms. The maximum Gasteiger partial charge on any atom is 0.248 e. The van der Waals surface area contributed by atoms with Crippen molar-refractivity contribution in [2.75, 3.05) is 13.1 Å². The van der Waals surface area contributed by atoms with Crippen LogP contribution >= 0.6 is 12.4 Å². The van der Waals surface area contributed by atoms with Gasteiger partial charge in [0.15, 0.2) is 0 Å². The molecular formula is C15H25ClN4O. The van der Waals surface area contributed by atoms with Crippen LogP contribution in [0.25, 0.3) is 0 Å². The number of carbonyl (C=O) groups is 1. The van der Waals surface area contributed by atoms with Crippen LogP contribution in [0, 0.1) is 0 Å². The Hall–Kier alpha value is -1.07. The molecule has 3 rings (SSSR count). The van der Waals surface area contributed by atoms with Crippen LogP contribution in [0.4, 0.5) is 0 Å². The lowest BCUT2D eigenvalue weighted by atomic mass is 9.86. The lowest BCUT2D eigenvalue weighted by Gasteiger charge is -2.38. The van der Waals surface area contributed by atoms with Crippen molar-refractivity contribution in [3.63, 3.8) is 0 Å². The number of nitrogens with zero attached hydrogens (tertiary/aromatic N) is 2. The first-order valence-electron chi connectivity index (χ1n) is 7.83. The summed E-state index contributed by atoms with van der Waals surface area (Å²) in [5.41, 5.74) is -0.494. The van der Waals surface area contributed by atoms with Gasteiger partial charge in [0.1, 0.15) is 5.54 Å². The Bertz CT molecular complexity index is 437. The lowest BCUT2D eigenvalue weighted by Crippen LogP contribution is -2.56. The molecule has 2 aliphatic rings. The molecule has 1 saturated carbocycles. The number of rotatable bonds is 3. The summed E-state index contributed by atoms with van der Waals surface area (Å²) in [5.74, 6) is 0.162. The summed E-state index contributed by atoms with van der Waals surface area (Å²) in [4.78, 5) is 12.9. The Morgan fingerprint density at radius 2 is 1.95 bits per heavy atom. The molecular weight excluding hydrogens is 288 g/mol. The number of aromatic nitrogens is 2. The second kappa shape index (κ2) is 7.27. The fourth-order valence-corrected chi connectivity index (χ4v) is 3.49. The summed E-state index contributed by atoms with van der Waals surface area (Å²) >= 11 is 0. The molecule has 118 valence electrons. The van der Waals surface area contributed by atoms with Gasteiger partial charge in [0, 0.05) is 18.4 Å². The van der Waals surface area contributed by atoms with Crippen LogP contribution in [0.5, 0.6) is 0 Å². The normalized spacial score (nSPS) is 22.3. The molecule has 1 amide bonds. The molecule has 0 bridgehead atoms. The molecule has 6 heteroatoms. The van der Waals surface area contributed by atoms with Crippen LogP contribution in [-0.4, -0.2) is 34.8 Å². The average molecular weight is 313 g/mol. The zero-order chi connectivity index (χ0) is 13.8. The molecule has 2 N–H and O–H groups in total. The molecule has 0 unspecified atom stereocenters. The zero-order valence-electron chi connectivity index (χ0n) is 12.4. The highest BCUT2D eigenvalue weighted by Crippen LogP contribution is 2.28. The van der Waals surface area contributed by atoms with Gasteiger partial charge in [-0.3, -0.25) is 9.48 Å². The third-order valence-corrected chi connectivity index (χ3v) is 4.74. The van der Waals surface area contributed by atoms with E-state index in [1.165, 1.54) is 19.3 Å². The van der Waals surface area contributed by atoms with Crippen LogP contribution in [0.15, 0.2) is 18.5 Å². The molecule has 2 heterocycles. The Labute approximate surface area is 132 Å². The van der Waals surface area contributed by atoms with Crippen LogP contribution in [-0.2, 0) is 10.3 Å². The van der Waals surface area contributed by atoms with E-state index >= 15 is 0 Å². The van der Waals surface area contributed by atoms with E-state index in [0.29, 0.717) is 6.04 Å². The molecule has 1 aliphatic heterocycles. The molecule has 0 radical (unpaired) electrons. The van der Waals surface area contributed by atoms with Gasteiger partial charge in [0.2, 0.25) is 5.91 Å². The highest BCUT2D eigenvalue weighted by atomic mass is 35.5. The second-order valence-electron chi connectivity index (χ2n) is 6.04. The molecule has 1 aliphatic carbocycles. The highest BCUT2D eigenvalue weighted by molar-refractivity contribution is 5.85. The van der Waals surface area contributed by atoms with Gasteiger partial charge in [0.05, 0.1) is 0 Å². The number of piperidine rings is 1. The first-order valence-corrected chi connectivity index (χ1v) is 7.83. The van der Waals surface area contributed by atoms with E-state index < -0.39 is 5.54 Å². The Morgan fingerprint density at radius 1 is 1.24 bits per heavy atom. The number of hydrogen-bond acceptors (Lipinski definition) is 3. The maximum atomic E-state index is 12.9. The van der Waals surface area contributed by atoms with Crippen molar-refractivity contribution < 1.29 is 4.79 Å². The summed E-state index contributed by atoms with van der Waals surface area (Å²) in [6, 6.07) is 2.26. The molecule has 1 aromatic heterocycles. The highest BCUT2D eigenvalue weighted by Gasteiger charge is 2.42. The van der Waals surface area contributed by atoms with Gasteiger partial charge in [0.25, 0.3) is 0 Å². The Kier molecular flexibility index (Phi) is 5.65. The van der Waals surface area contributed by atoms with Crippen molar-refractivity contribution in [2.24, 2.45) is 0 Å². The van der Waals surface area contributed by atoms with E-state index in [1.807, 2.05) is 16.9 Å². The van der Waals surface area contributed by atoms with Gasteiger partial charge >= 0.3 is 0 Å². The van der Waals surface area contributed by atoms with E-state index in [0.717, 1.165) is 38.8 Å². The minimum atomic E-state index is -0.494. The van der Waals surface area contributed by atoms with E-state index in [2.05, 4.69) is 15.7 Å². The summed E-state index contributed by atoms with van der Waals surface area (Å²) in [5, 5.41) is 11.0. The fourth-order valence-electron chi connectivity index (χ4n) is 3.49. The Balaban J connectivity index is 0.00000161. The molecule has 1 aromatic rings. The first kappa shape index (κ1) is 16.3. The number of hydrogen-bond donors (Lipinski definition) is 2. The number of amides is 1. The monoisotopic (exact) mass is 312 g/mol. The SMILES string of the molecule is Cl.O=C(NC1CCCCC1)C1(n2cccn2)CCNCC1. The van der Waals surface area contributed by atoms with Crippen molar-refractivity contribution in [1.29, 1.82) is 0 Å². The van der Waals surface area contributed by atoms with E-state index in [-0.39, 0.29) is 18.3 Å². The van der Waals surface area contributed by atoms with Crippen LogP contribution in [0.3, 0.4) is 0 Å². The molecule has 5 nitrogen and oxygen atoms in total. The standard InChI is InChI=1S/C15H24N4O.ClH/c20-14(18-13-5-2-1-3-6-13)15(7-10-16-11-8-15)19-12-4-9-17-19;/h4,9,12-13,16H,1-3,5-8,10-11H2,(H,18,20);1H. The number of nitrogens with one attached hydrogen (secondary N) is 2. The van der Waals surface area contributed by atoms with Crippen LogP contribution in [0.1, 0.15) is 44.9 Å². The summed E-state index contributed by atoms with van der Waals surface area (Å²) in [6.07, 6.45) is 11.3. The average Bonchev–Trinajstić information content (AvgIpc) is 3.04. The Morgan fingerprint density at radius 3 is 2.57 bits per heavy atom.